The van der Waals surface area contributed by atoms with Gasteiger partial charge in [-0.3, -0.25) is 4.79 Å². The van der Waals surface area contributed by atoms with Crippen LogP contribution in [0.1, 0.15) is 50.2 Å². The second-order valence-corrected chi connectivity index (χ2v) is 5.91. The quantitative estimate of drug-likeness (QED) is 0.909. The molecule has 0 radical (unpaired) electrons. The van der Waals surface area contributed by atoms with Crippen LogP contribution >= 0.6 is 11.6 Å². The van der Waals surface area contributed by atoms with Crippen molar-refractivity contribution in [3.63, 3.8) is 0 Å². The standard InChI is InChI=1S/C15H19ClO3/c1-9(2)11-7-10(16)8-12(13(11)19-3)15(14(17)18)5-4-6-15/h7-9H,4-6H2,1-3H3,(H,17,18). The number of carboxylic acid groups (broad SMARTS) is 1. The smallest absolute Gasteiger partial charge is 0.314 e. The molecule has 1 N–H and O–H groups in total. The first kappa shape index (κ1) is 14.2. The summed E-state index contributed by atoms with van der Waals surface area (Å²) in [7, 11) is 1.59. The highest BCUT2D eigenvalue weighted by molar-refractivity contribution is 6.30. The molecule has 4 heteroatoms. The third kappa shape index (κ3) is 2.20. The largest absolute Gasteiger partial charge is 0.496 e. The average Bonchev–Trinajstić information content (AvgIpc) is 2.26. The average molecular weight is 283 g/mol. The fraction of sp³-hybridized carbons (Fsp3) is 0.533. The van der Waals surface area contributed by atoms with Gasteiger partial charge in [-0.25, -0.2) is 0 Å². The first-order chi connectivity index (χ1) is 8.92. The van der Waals surface area contributed by atoms with Gasteiger partial charge in [0.2, 0.25) is 0 Å². The van der Waals surface area contributed by atoms with Crippen molar-refractivity contribution in [3.8, 4) is 5.75 Å². The molecule has 1 aromatic rings. The molecule has 1 aliphatic carbocycles. The second-order valence-electron chi connectivity index (χ2n) is 5.47. The SMILES string of the molecule is COc1c(C(C)C)cc(Cl)cc1C1(C(=O)O)CCC1. The number of aliphatic carboxylic acids is 1. The highest BCUT2D eigenvalue weighted by atomic mass is 35.5. The van der Waals surface area contributed by atoms with Crippen molar-refractivity contribution in [2.24, 2.45) is 0 Å². The summed E-state index contributed by atoms with van der Waals surface area (Å²) in [5.41, 5.74) is 0.877. The molecule has 0 saturated heterocycles. The lowest BCUT2D eigenvalue weighted by molar-refractivity contribution is -0.147. The Labute approximate surface area is 118 Å². The van der Waals surface area contributed by atoms with Crippen LogP contribution in [0.3, 0.4) is 0 Å². The van der Waals surface area contributed by atoms with Crippen molar-refractivity contribution in [2.45, 2.75) is 44.4 Å². The summed E-state index contributed by atoms with van der Waals surface area (Å²) in [5.74, 6) is 0.133. The van der Waals surface area contributed by atoms with Crippen LogP contribution in [0.15, 0.2) is 12.1 Å². The van der Waals surface area contributed by atoms with Crippen LogP contribution < -0.4 is 4.74 Å². The number of methoxy groups -OCH3 is 1. The maximum Gasteiger partial charge on any atom is 0.314 e. The molecule has 1 fully saturated rings. The fourth-order valence-electron chi connectivity index (χ4n) is 2.76. The van der Waals surface area contributed by atoms with Crippen LogP contribution in [0.4, 0.5) is 0 Å². The molecule has 1 aromatic carbocycles. The van der Waals surface area contributed by atoms with Crippen LogP contribution in [-0.4, -0.2) is 18.2 Å². The minimum atomic E-state index is -0.820. The third-order valence-electron chi connectivity index (χ3n) is 4.04. The Hall–Kier alpha value is -1.22. The zero-order chi connectivity index (χ0) is 14.2. The number of ether oxygens (including phenoxy) is 1. The zero-order valence-electron chi connectivity index (χ0n) is 11.5. The number of hydrogen-bond acceptors (Lipinski definition) is 2. The van der Waals surface area contributed by atoms with Gasteiger partial charge in [0, 0.05) is 10.6 Å². The molecule has 0 aromatic heterocycles. The Morgan fingerprint density at radius 2 is 2.05 bits per heavy atom. The van der Waals surface area contributed by atoms with Gasteiger partial charge in [0.1, 0.15) is 5.75 Å². The number of carbonyl (C=O) groups is 1. The number of halogens is 1. The molecule has 104 valence electrons. The molecule has 0 unspecified atom stereocenters. The zero-order valence-corrected chi connectivity index (χ0v) is 12.3. The maximum absolute atomic E-state index is 11.7. The molecular formula is C15H19ClO3. The number of rotatable bonds is 4. The van der Waals surface area contributed by atoms with E-state index in [0.717, 1.165) is 17.5 Å². The van der Waals surface area contributed by atoms with Gasteiger partial charge in [0.25, 0.3) is 0 Å². The van der Waals surface area contributed by atoms with Crippen LogP contribution in [0.25, 0.3) is 0 Å². The van der Waals surface area contributed by atoms with Crippen LogP contribution in [-0.2, 0) is 10.2 Å². The number of carboxylic acids is 1. The van der Waals surface area contributed by atoms with Gasteiger partial charge in [-0.2, -0.15) is 0 Å². The molecule has 1 saturated carbocycles. The maximum atomic E-state index is 11.7. The van der Waals surface area contributed by atoms with Crippen molar-refractivity contribution in [1.82, 2.24) is 0 Å². The summed E-state index contributed by atoms with van der Waals surface area (Å²) in [6, 6.07) is 3.61. The van der Waals surface area contributed by atoms with Crippen molar-refractivity contribution in [3.05, 3.63) is 28.3 Å². The molecular weight excluding hydrogens is 264 g/mol. The summed E-state index contributed by atoms with van der Waals surface area (Å²) in [6.45, 7) is 4.10. The lowest BCUT2D eigenvalue weighted by Gasteiger charge is -2.39. The lowest BCUT2D eigenvalue weighted by atomic mass is 9.63. The Morgan fingerprint density at radius 1 is 1.42 bits per heavy atom. The highest BCUT2D eigenvalue weighted by Gasteiger charge is 2.48. The monoisotopic (exact) mass is 282 g/mol. The topological polar surface area (TPSA) is 46.5 Å². The van der Waals surface area contributed by atoms with E-state index in [-0.39, 0.29) is 5.92 Å². The van der Waals surface area contributed by atoms with Gasteiger partial charge < -0.3 is 9.84 Å². The van der Waals surface area contributed by atoms with Gasteiger partial charge in [-0.15, -0.1) is 0 Å². The minimum absolute atomic E-state index is 0.235. The lowest BCUT2D eigenvalue weighted by Crippen LogP contribution is -2.42. The van der Waals surface area contributed by atoms with E-state index < -0.39 is 11.4 Å². The van der Waals surface area contributed by atoms with Gasteiger partial charge in [0.05, 0.1) is 12.5 Å². The summed E-state index contributed by atoms with van der Waals surface area (Å²) >= 11 is 6.17. The Bertz CT molecular complexity index is 504. The van der Waals surface area contributed by atoms with Crippen molar-refractivity contribution in [1.29, 1.82) is 0 Å². The number of benzene rings is 1. The van der Waals surface area contributed by atoms with E-state index in [1.165, 1.54) is 0 Å². The van der Waals surface area contributed by atoms with Crippen LogP contribution in [0, 0.1) is 0 Å². The summed E-state index contributed by atoms with van der Waals surface area (Å²) in [4.78, 5) is 11.7. The Morgan fingerprint density at radius 3 is 2.42 bits per heavy atom. The van der Waals surface area contributed by atoms with E-state index in [1.54, 1.807) is 13.2 Å². The Kier molecular flexibility index (Phi) is 3.77. The van der Waals surface area contributed by atoms with Crippen molar-refractivity contribution < 1.29 is 14.6 Å². The third-order valence-corrected chi connectivity index (χ3v) is 4.26. The Balaban J connectivity index is 2.65. The fourth-order valence-corrected chi connectivity index (χ4v) is 2.98. The molecule has 0 atom stereocenters. The summed E-state index contributed by atoms with van der Waals surface area (Å²) in [6.07, 6.45) is 2.23. The summed E-state index contributed by atoms with van der Waals surface area (Å²) < 4.78 is 5.50. The molecule has 0 bridgehead atoms. The van der Waals surface area contributed by atoms with E-state index in [4.69, 9.17) is 16.3 Å². The van der Waals surface area contributed by atoms with Gasteiger partial charge in [0.15, 0.2) is 0 Å². The van der Waals surface area contributed by atoms with E-state index >= 15 is 0 Å². The first-order valence-electron chi connectivity index (χ1n) is 6.53. The highest BCUT2D eigenvalue weighted by Crippen LogP contribution is 2.50. The molecule has 3 nitrogen and oxygen atoms in total. The van der Waals surface area contributed by atoms with Gasteiger partial charge in [-0.05, 0) is 36.5 Å². The predicted molar refractivity (Wildman–Crippen MR) is 75.3 cm³/mol. The van der Waals surface area contributed by atoms with E-state index in [0.29, 0.717) is 23.6 Å². The van der Waals surface area contributed by atoms with Crippen molar-refractivity contribution in [2.75, 3.05) is 7.11 Å². The number of hydrogen-bond donors (Lipinski definition) is 1. The van der Waals surface area contributed by atoms with E-state index in [1.807, 2.05) is 19.9 Å². The molecule has 0 aliphatic heterocycles. The molecule has 0 spiro atoms. The van der Waals surface area contributed by atoms with Crippen LogP contribution in [0.5, 0.6) is 5.75 Å². The van der Waals surface area contributed by atoms with Gasteiger partial charge >= 0.3 is 5.97 Å². The molecule has 0 amide bonds. The minimum Gasteiger partial charge on any atom is -0.496 e. The molecule has 1 aliphatic rings. The second kappa shape index (κ2) is 5.04. The normalized spacial score (nSPS) is 17.1. The molecule has 19 heavy (non-hydrogen) atoms. The van der Waals surface area contributed by atoms with E-state index in [2.05, 4.69) is 0 Å². The van der Waals surface area contributed by atoms with Crippen LogP contribution in [0.2, 0.25) is 5.02 Å². The predicted octanol–water partition coefficient (Wildman–Crippen LogP) is 3.98. The summed E-state index contributed by atoms with van der Waals surface area (Å²) in [5, 5.41) is 10.2. The molecule has 0 heterocycles. The van der Waals surface area contributed by atoms with E-state index in [9.17, 15) is 9.90 Å². The first-order valence-corrected chi connectivity index (χ1v) is 6.91. The van der Waals surface area contributed by atoms with Gasteiger partial charge in [-0.1, -0.05) is 31.9 Å². The van der Waals surface area contributed by atoms with Crippen molar-refractivity contribution >= 4 is 17.6 Å². The molecule has 2 rings (SSSR count).